The van der Waals surface area contributed by atoms with Crippen LogP contribution in [0.25, 0.3) is 11.4 Å². The molecule has 0 aliphatic heterocycles. The van der Waals surface area contributed by atoms with Gasteiger partial charge in [-0.2, -0.15) is 4.98 Å². The van der Waals surface area contributed by atoms with Crippen LogP contribution in [0.3, 0.4) is 0 Å². The second kappa shape index (κ2) is 9.24. The number of hydrogen-bond acceptors (Lipinski definition) is 5. The Kier molecular flexibility index (Phi) is 6.27. The summed E-state index contributed by atoms with van der Waals surface area (Å²) in [6.07, 6.45) is 5.14. The van der Waals surface area contributed by atoms with Crippen LogP contribution >= 0.6 is 23.8 Å². The predicted octanol–water partition coefficient (Wildman–Crippen LogP) is 5.20. The Morgan fingerprint density at radius 3 is 2.72 bits per heavy atom. The average Bonchev–Trinajstić information content (AvgIpc) is 3.40. The van der Waals surface area contributed by atoms with Crippen molar-refractivity contribution in [1.82, 2.24) is 15.5 Å². The third-order valence-corrected chi connectivity index (χ3v) is 5.15. The molecule has 0 unspecified atom stereocenters. The van der Waals surface area contributed by atoms with Crippen LogP contribution < -0.4 is 15.4 Å². The van der Waals surface area contributed by atoms with Crippen molar-refractivity contribution >= 4 is 34.6 Å². The fraction of sp³-hybridized carbons (Fsp3) is 0.286. The maximum absolute atomic E-state index is 6.00. The highest BCUT2D eigenvalue weighted by Crippen LogP contribution is 2.25. The largest absolute Gasteiger partial charge is 0.490 e. The minimum atomic E-state index is 0.322. The molecule has 2 N–H and O–H groups in total. The van der Waals surface area contributed by atoms with Crippen molar-refractivity contribution in [2.24, 2.45) is 0 Å². The zero-order valence-corrected chi connectivity index (χ0v) is 17.3. The highest BCUT2D eigenvalue weighted by atomic mass is 35.5. The molecule has 0 spiro atoms. The number of thiocarbonyl (C=S) groups is 1. The molecule has 1 aromatic heterocycles. The molecule has 0 bridgehead atoms. The highest BCUT2D eigenvalue weighted by molar-refractivity contribution is 7.80. The molecule has 150 valence electrons. The maximum atomic E-state index is 6.00. The van der Waals surface area contributed by atoms with E-state index in [-0.39, 0.29) is 0 Å². The second-order valence-electron chi connectivity index (χ2n) is 6.88. The number of benzene rings is 2. The van der Waals surface area contributed by atoms with Gasteiger partial charge in [-0.3, -0.25) is 0 Å². The lowest BCUT2D eigenvalue weighted by Crippen LogP contribution is -2.28. The lowest BCUT2D eigenvalue weighted by molar-refractivity contribution is 0.210. The van der Waals surface area contributed by atoms with Gasteiger partial charge >= 0.3 is 0 Å². The third kappa shape index (κ3) is 5.46. The van der Waals surface area contributed by atoms with E-state index in [1.165, 1.54) is 12.8 Å². The van der Waals surface area contributed by atoms with Gasteiger partial charge in [-0.25, -0.2) is 0 Å². The number of hydrogen-bond donors (Lipinski definition) is 2. The molecule has 3 aromatic rings. The first-order valence-corrected chi connectivity index (χ1v) is 10.3. The van der Waals surface area contributed by atoms with E-state index in [0.717, 1.165) is 29.8 Å². The van der Waals surface area contributed by atoms with E-state index in [1.54, 1.807) is 12.1 Å². The summed E-state index contributed by atoms with van der Waals surface area (Å²) in [5.41, 5.74) is 1.68. The summed E-state index contributed by atoms with van der Waals surface area (Å²) in [7, 11) is 0. The topological polar surface area (TPSA) is 72.2 Å². The summed E-state index contributed by atoms with van der Waals surface area (Å²) in [6, 6.07) is 15.1. The number of nitrogens with one attached hydrogen (secondary N) is 2. The highest BCUT2D eigenvalue weighted by Gasteiger charge is 2.16. The molecular weight excluding hydrogens is 408 g/mol. The quantitative estimate of drug-likeness (QED) is 0.523. The Hall–Kier alpha value is -2.64. The Bertz CT molecular complexity index is 971. The SMILES string of the molecule is S=C(NCc1nc(-c2cccc(Cl)c2)no1)Nc1ccc(OC2CCCC2)cc1. The van der Waals surface area contributed by atoms with Crippen molar-refractivity contribution < 1.29 is 9.26 Å². The molecule has 0 saturated heterocycles. The lowest BCUT2D eigenvalue weighted by Gasteiger charge is -2.14. The van der Waals surface area contributed by atoms with Crippen LogP contribution in [-0.4, -0.2) is 21.4 Å². The zero-order valence-electron chi connectivity index (χ0n) is 15.7. The van der Waals surface area contributed by atoms with Crippen LogP contribution in [0, 0.1) is 0 Å². The van der Waals surface area contributed by atoms with Crippen LogP contribution in [-0.2, 0) is 6.54 Å². The first kappa shape index (κ1) is 19.7. The Morgan fingerprint density at radius 2 is 1.97 bits per heavy atom. The molecule has 8 heteroatoms. The molecule has 2 aromatic carbocycles. The number of aromatic nitrogens is 2. The van der Waals surface area contributed by atoms with Gasteiger partial charge in [-0.1, -0.05) is 28.9 Å². The van der Waals surface area contributed by atoms with Gasteiger partial charge in [-0.05, 0) is 74.3 Å². The van der Waals surface area contributed by atoms with Gasteiger partial charge in [0.1, 0.15) is 5.75 Å². The number of rotatable bonds is 6. The fourth-order valence-corrected chi connectivity index (χ4v) is 3.60. The smallest absolute Gasteiger partial charge is 0.246 e. The molecule has 0 radical (unpaired) electrons. The van der Waals surface area contributed by atoms with Gasteiger partial charge in [0.2, 0.25) is 11.7 Å². The molecule has 1 saturated carbocycles. The molecule has 29 heavy (non-hydrogen) atoms. The van der Waals surface area contributed by atoms with E-state index in [2.05, 4.69) is 20.8 Å². The van der Waals surface area contributed by atoms with E-state index in [9.17, 15) is 0 Å². The van der Waals surface area contributed by atoms with Gasteiger partial charge in [-0.15, -0.1) is 0 Å². The molecule has 0 amide bonds. The summed E-state index contributed by atoms with van der Waals surface area (Å²) in [6.45, 7) is 0.322. The van der Waals surface area contributed by atoms with E-state index < -0.39 is 0 Å². The second-order valence-corrected chi connectivity index (χ2v) is 7.72. The van der Waals surface area contributed by atoms with E-state index in [4.69, 9.17) is 33.1 Å². The van der Waals surface area contributed by atoms with E-state index in [1.807, 2.05) is 36.4 Å². The van der Waals surface area contributed by atoms with Gasteiger partial charge in [0.15, 0.2) is 5.11 Å². The molecule has 4 rings (SSSR count). The molecule has 0 atom stereocenters. The van der Waals surface area contributed by atoms with Gasteiger partial charge in [0.25, 0.3) is 0 Å². The number of ether oxygens (including phenoxy) is 1. The minimum Gasteiger partial charge on any atom is -0.490 e. The summed E-state index contributed by atoms with van der Waals surface area (Å²) in [4.78, 5) is 4.36. The van der Waals surface area contributed by atoms with Crippen LogP contribution in [0.2, 0.25) is 5.02 Å². The lowest BCUT2D eigenvalue weighted by atomic mass is 10.2. The van der Waals surface area contributed by atoms with Crippen molar-refractivity contribution in [2.75, 3.05) is 5.32 Å². The maximum Gasteiger partial charge on any atom is 0.246 e. The first-order valence-electron chi connectivity index (χ1n) is 9.56. The van der Waals surface area contributed by atoms with E-state index >= 15 is 0 Å². The van der Waals surface area contributed by atoms with Crippen LogP contribution in [0.1, 0.15) is 31.6 Å². The van der Waals surface area contributed by atoms with Crippen molar-refractivity contribution in [2.45, 2.75) is 38.3 Å². The number of nitrogens with zero attached hydrogens (tertiary/aromatic N) is 2. The fourth-order valence-electron chi connectivity index (χ4n) is 3.22. The average molecular weight is 429 g/mol. The number of anilines is 1. The summed E-state index contributed by atoms with van der Waals surface area (Å²) in [5.74, 6) is 1.81. The number of halogens is 1. The molecule has 1 fully saturated rings. The van der Waals surface area contributed by atoms with Gasteiger partial charge < -0.3 is 19.9 Å². The van der Waals surface area contributed by atoms with Gasteiger partial charge in [0.05, 0.1) is 12.6 Å². The Labute approximate surface area is 179 Å². The van der Waals surface area contributed by atoms with Crippen LogP contribution in [0.15, 0.2) is 53.1 Å². The Balaban J connectivity index is 1.27. The molecule has 1 aliphatic rings. The standard InChI is InChI=1S/C21H21ClN4O2S/c22-15-5-3-4-14(12-15)20-25-19(28-26-20)13-23-21(29)24-16-8-10-18(11-9-16)27-17-6-1-2-7-17/h3-5,8-12,17H,1-2,6-7,13H2,(H2,23,24,29). The van der Waals surface area contributed by atoms with Crippen molar-refractivity contribution in [3.05, 3.63) is 59.4 Å². The van der Waals surface area contributed by atoms with Crippen LogP contribution in [0.5, 0.6) is 5.75 Å². The Morgan fingerprint density at radius 1 is 1.17 bits per heavy atom. The summed E-state index contributed by atoms with van der Waals surface area (Å²) < 4.78 is 11.2. The molecular formula is C21H21ClN4O2S. The third-order valence-electron chi connectivity index (χ3n) is 4.67. The van der Waals surface area contributed by atoms with Crippen molar-refractivity contribution in [3.63, 3.8) is 0 Å². The van der Waals surface area contributed by atoms with E-state index in [0.29, 0.717) is 34.5 Å². The first-order chi connectivity index (χ1) is 14.2. The van der Waals surface area contributed by atoms with Crippen molar-refractivity contribution in [1.29, 1.82) is 0 Å². The monoisotopic (exact) mass is 428 g/mol. The summed E-state index contributed by atoms with van der Waals surface area (Å²) in [5, 5.41) is 11.3. The predicted molar refractivity (Wildman–Crippen MR) is 117 cm³/mol. The minimum absolute atomic E-state index is 0.322. The van der Waals surface area contributed by atoms with Gasteiger partial charge in [0, 0.05) is 16.3 Å². The van der Waals surface area contributed by atoms with Crippen molar-refractivity contribution in [3.8, 4) is 17.1 Å². The molecule has 1 heterocycles. The molecule has 6 nitrogen and oxygen atoms in total. The normalized spacial score (nSPS) is 14.0. The zero-order chi connectivity index (χ0) is 20.1. The van der Waals surface area contributed by atoms with Crippen LogP contribution in [0.4, 0.5) is 5.69 Å². The molecule has 1 aliphatic carbocycles. The summed E-state index contributed by atoms with van der Waals surface area (Å²) >= 11 is 11.3.